The van der Waals surface area contributed by atoms with E-state index in [1.807, 2.05) is 0 Å². The molecule has 2 N–H and O–H groups in total. The van der Waals surface area contributed by atoms with Crippen molar-refractivity contribution in [2.45, 2.75) is 52.4 Å². The molecule has 0 spiro atoms. The number of guanidine groups is 1. The van der Waals surface area contributed by atoms with E-state index in [-0.39, 0.29) is 5.97 Å². The van der Waals surface area contributed by atoms with Crippen LogP contribution in [0.15, 0.2) is 4.99 Å². The van der Waals surface area contributed by atoms with Crippen LogP contribution in [0.25, 0.3) is 0 Å². The molecule has 0 aromatic rings. The van der Waals surface area contributed by atoms with Gasteiger partial charge in [0.15, 0.2) is 5.96 Å². The highest BCUT2D eigenvalue weighted by Gasteiger charge is 2.01. The van der Waals surface area contributed by atoms with Crippen LogP contribution < -0.4 is 5.73 Å². The number of nitrogens with zero attached hydrogens (tertiary/aromatic N) is 2. The van der Waals surface area contributed by atoms with E-state index >= 15 is 0 Å². The maximum Gasteiger partial charge on any atom is 0.305 e. The summed E-state index contributed by atoms with van der Waals surface area (Å²) in [5.41, 5.74) is 5.87. The topological polar surface area (TPSA) is 67.9 Å². The number of methoxy groups -OCH3 is 1. The number of ether oxygens (including phenoxy) is 1. The lowest BCUT2D eigenvalue weighted by atomic mass is 10.1. The number of aliphatic imine (C=N–C) groups is 1. The number of carbonyl (C=O) groups excluding carboxylic acids is 1. The predicted octanol–water partition coefficient (Wildman–Crippen LogP) is 2.16. The van der Waals surface area contributed by atoms with Gasteiger partial charge in [-0.15, -0.1) is 0 Å². The first-order valence-electron chi connectivity index (χ1n) is 7.27. The van der Waals surface area contributed by atoms with Crippen LogP contribution >= 0.6 is 0 Å². The number of carbonyl (C=O) groups is 1. The zero-order valence-corrected chi connectivity index (χ0v) is 12.7. The third kappa shape index (κ3) is 9.33. The minimum atomic E-state index is -0.114. The lowest BCUT2D eigenvalue weighted by molar-refractivity contribution is -0.140. The fraction of sp³-hybridized carbons (Fsp3) is 0.857. The molecule has 0 radical (unpaired) electrons. The van der Waals surface area contributed by atoms with Crippen molar-refractivity contribution in [1.29, 1.82) is 0 Å². The van der Waals surface area contributed by atoms with E-state index < -0.39 is 0 Å². The summed E-state index contributed by atoms with van der Waals surface area (Å²) in [6.07, 6.45) is 5.85. The lowest BCUT2D eigenvalue weighted by Gasteiger charge is -2.19. The molecule has 0 amide bonds. The fourth-order valence-electron chi connectivity index (χ4n) is 1.85. The summed E-state index contributed by atoms with van der Waals surface area (Å²) in [6.45, 7) is 6.75. The Balaban J connectivity index is 3.49. The molecule has 0 saturated carbocycles. The molecule has 5 heteroatoms. The second-order valence-electron chi connectivity index (χ2n) is 4.51. The van der Waals surface area contributed by atoms with Crippen LogP contribution in [0.5, 0.6) is 0 Å². The highest BCUT2D eigenvalue weighted by atomic mass is 16.5. The van der Waals surface area contributed by atoms with Crippen molar-refractivity contribution in [3.05, 3.63) is 0 Å². The van der Waals surface area contributed by atoms with E-state index in [0.717, 1.165) is 51.7 Å². The standard InChI is InChI=1S/C14H29N3O2/c1-4-17(5-2)14(15)16-12-10-8-6-7-9-11-13(18)19-3/h4-12H2,1-3H3,(H2,15,16). The molecule has 0 atom stereocenters. The average Bonchev–Trinajstić information content (AvgIpc) is 2.42. The van der Waals surface area contributed by atoms with Crippen LogP contribution in [-0.2, 0) is 9.53 Å². The molecule has 19 heavy (non-hydrogen) atoms. The lowest BCUT2D eigenvalue weighted by Crippen LogP contribution is -2.37. The maximum absolute atomic E-state index is 10.9. The van der Waals surface area contributed by atoms with Crippen molar-refractivity contribution in [3.63, 3.8) is 0 Å². The Labute approximate surface area is 117 Å². The second kappa shape index (κ2) is 11.8. The van der Waals surface area contributed by atoms with Crippen molar-refractivity contribution < 1.29 is 9.53 Å². The maximum atomic E-state index is 10.9. The molecule has 0 aliphatic heterocycles. The summed E-state index contributed by atoms with van der Waals surface area (Å²) in [4.78, 5) is 17.3. The summed E-state index contributed by atoms with van der Waals surface area (Å²) in [7, 11) is 1.43. The van der Waals surface area contributed by atoms with Crippen molar-refractivity contribution in [2.75, 3.05) is 26.7 Å². The molecule has 0 bridgehead atoms. The number of hydrogen-bond donors (Lipinski definition) is 1. The summed E-state index contributed by atoms with van der Waals surface area (Å²) < 4.78 is 4.59. The average molecular weight is 271 g/mol. The van der Waals surface area contributed by atoms with E-state index in [1.165, 1.54) is 7.11 Å². The Morgan fingerprint density at radius 1 is 1.11 bits per heavy atom. The van der Waals surface area contributed by atoms with Crippen LogP contribution in [0.3, 0.4) is 0 Å². The Bertz CT molecular complexity index is 263. The molecule has 0 unspecified atom stereocenters. The molecule has 0 aliphatic rings. The van der Waals surface area contributed by atoms with Gasteiger partial charge in [-0.3, -0.25) is 9.79 Å². The van der Waals surface area contributed by atoms with Gasteiger partial charge in [-0.1, -0.05) is 19.3 Å². The molecule has 0 heterocycles. The SMILES string of the molecule is CCN(CC)C(N)=NCCCCCCCC(=O)OC. The number of hydrogen-bond acceptors (Lipinski definition) is 3. The molecule has 0 aromatic carbocycles. The summed E-state index contributed by atoms with van der Waals surface area (Å²) >= 11 is 0. The molecule has 0 saturated heterocycles. The van der Waals surface area contributed by atoms with Crippen LogP contribution in [0, 0.1) is 0 Å². The molecular formula is C14H29N3O2. The van der Waals surface area contributed by atoms with E-state index in [1.54, 1.807) is 0 Å². The van der Waals surface area contributed by atoms with E-state index in [4.69, 9.17) is 5.73 Å². The largest absolute Gasteiger partial charge is 0.469 e. The number of unbranched alkanes of at least 4 members (excludes halogenated alkanes) is 4. The Kier molecular flexibility index (Phi) is 11.0. The molecular weight excluding hydrogens is 242 g/mol. The van der Waals surface area contributed by atoms with Gasteiger partial charge in [0.25, 0.3) is 0 Å². The first kappa shape index (κ1) is 17.7. The van der Waals surface area contributed by atoms with Gasteiger partial charge in [-0.25, -0.2) is 0 Å². The summed E-state index contributed by atoms with van der Waals surface area (Å²) in [6, 6.07) is 0. The molecule has 112 valence electrons. The van der Waals surface area contributed by atoms with Gasteiger partial charge < -0.3 is 15.4 Å². The third-order valence-corrected chi connectivity index (χ3v) is 3.13. The van der Waals surface area contributed by atoms with E-state index in [0.29, 0.717) is 12.4 Å². The smallest absolute Gasteiger partial charge is 0.305 e. The molecule has 0 rings (SSSR count). The van der Waals surface area contributed by atoms with Gasteiger partial charge in [0.1, 0.15) is 0 Å². The van der Waals surface area contributed by atoms with Gasteiger partial charge in [0, 0.05) is 26.1 Å². The highest BCUT2D eigenvalue weighted by Crippen LogP contribution is 2.06. The normalized spacial score (nSPS) is 11.4. The number of rotatable bonds is 10. The van der Waals surface area contributed by atoms with Gasteiger partial charge >= 0.3 is 5.97 Å². The van der Waals surface area contributed by atoms with E-state index in [9.17, 15) is 4.79 Å². The van der Waals surface area contributed by atoms with Crippen molar-refractivity contribution in [2.24, 2.45) is 10.7 Å². The van der Waals surface area contributed by atoms with Gasteiger partial charge in [-0.2, -0.15) is 0 Å². The van der Waals surface area contributed by atoms with Crippen molar-refractivity contribution in [3.8, 4) is 0 Å². The zero-order valence-electron chi connectivity index (χ0n) is 12.7. The zero-order chi connectivity index (χ0) is 14.5. The predicted molar refractivity (Wildman–Crippen MR) is 79.1 cm³/mol. The minimum Gasteiger partial charge on any atom is -0.469 e. The van der Waals surface area contributed by atoms with Crippen LogP contribution in [0.2, 0.25) is 0 Å². The molecule has 0 fully saturated rings. The Morgan fingerprint density at radius 2 is 1.68 bits per heavy atom. The third-order valence-electron chi connectivity index (χ3n) is 3.13. The van der Waals surface area contributed by atoms with Crippen LogP contribution in [0.1, 0.15) is 52.4 Å². The van der Waals surface area contributed by atoms with Crippen LogP contribution in [0.4, 0.5) is 0 Å². The Morgan fingerprint density at radius 3 is 2.26 bits per heavy atom. The first-order valence-corrected chi connectivity index (χ1v) is 7.27. The molecule has 5 nitrogen and oxygen atoms in total. The first-order chi connectivity index (χ1) is 9.15. The fourth-order valence-corrected chi connectivity index (χ4v) is 1.85. The van der Waals surface area contributed by atoms with Crippen LogP contribution in [-0.4, -0.2) is 43.6 Å². The van der Waals surface area contributed by atoms with Crippen molar-refractivity contribution in [1.82, 2.24) is 4.90 Å². The minimum absolute atomic E-state index is 0.114. The van der Waals surface area contributed by atoms with Gasteiger partial charge in [0.2, 0.25) is 0 Å². The van der Waals surface area contributed by atoms with Gasteiger partial charge in [-0.05, 0) is 26.7 Å². The summed E-state index contributed by atoms with van der Waals surface area (Å²) in [5, 5.41) is 0. The van der Waals surface area contributed by atoms with Crippen molar-refractivity contribution >= 4 is 11.9 Å². The Hall–Kier alpha value is -1.26. The molecule has 0 aliphatic carbocycles. The highest BCUT2D eigenvalue weighted by molar-refractivity contribution is 5.77. The monoisotopic (exact) mass is 271 g/mol. The number of nitrogens with two attached hydrogens (primary N) is 1. The van der Waals surface area contributed by atoms with Gasteiger partial charge in [0.05, 0.1) is 7.11 Å². The number of esters is 1. The molecule has 0 aromatic heterocycles. The quantitative estimate of drug-likeness (QED) is 0.286. The van der Waals surface area contributed by atoms with E-state index in [2.05, 4.69) is 28.5 Å². The second-order valence-corrected chi connectivity index (χ2v) is 4.51. The summed E-state index contributed by atoms with van der Waals surface area (Å²) in [5.74, 6) is 0.535.